The van der Waals surface area contributed by atoms with Crippen LogP contribution in [0.5, 0.6) is 0 Å². The molecule has 2 N–H and O–H groups in total. The van der Waals surface area contributed by atoms with Gasteiger partial charge in [-0.3, -0.25) is 4.79 Å². The molecule has 5 nitrogen and oxygen atoms in total. The summed E-state index contributed by atoms with van der Waals surface area (Å²) < 4.78 is 1.33. The van der Waals surface area contributed by atoms with Gasteiger partial charge >= 0.3 is 5.97 Å². The van der Waals surface area contributed by atoms with E-state index in [2.05, 4.69) is 0 Å². The van der Waals surface area contributed by atoms with E-state index in [1.165, 1.54) is 22.9 Å². The molecular weight excluding hydrogens is 210 g/mol. The van der Waals surface area contributed by atoms with Crippen molar-refractivity contribution in [2.24, 2.45) is 0 Å². The second-order valence-corrected chi connectivity index (χ2v) is 4.01. The topological polar surface area (TPSA) is 79.5 Å². The zero-order chi connectivity index (χ0) is 11.7. The standard InChI is InChI=1S/C11H13NO4/c13-9-5-1-4-8(9)12-6-2-3-7(10(12)14)11(15)16/h2-3,6,8-9,13H,1,4-5H2,(H,15,16)/t8-,9+/m1/s1. The third-order valence-electron chi connectivity index (χ3n) is 3.01. The van der Waals surface area contributed by atoms with Crippen LogP contribution in [-0.2, 0) is 0 Å². The van der Waals surface area contributed by atoms with Gasteiger partial charge in [0.1, 0.15) is 5.56 Å². The van der Waals surface area contributed by atoms with Gasteiger partial charge in [-0.2, -0.15) is 0 Å². The van der Waals surface area contributed by atoms with Crippen LogP contribution in [0.15, 0.2) is 23.1 Å². The highest BCUT2D eigenvalue weighted by molar-refractivity contribution is 5.86. The lowest BCUT2D eigenvalue weighted by Crippen LogP contribution is -2.32. The Balaban J connectivity index is 2.46. The van der Waals surface area contributed by atoms with Crippen molar-refractivity contribution in [3.63, 3.8) is 0 Å². The maximum absolute atomic E-state index is 11.8. The molecule has 1 aromatic rings. The van der Waals surface area contributed by atoms with Gasteiger partial charge in [-0.1, -0.05) is 0 Å². The van der Waals surface area contributed by atoms with Gasteiger partial charge in [0.25, 0.3) is 5.56 Å². The highest BCUT2D eigenvalue weighted by atomic mass is 16.4. The summed E-state index contributed by atoms with van der Waals surface area (Å²) in [6.45, 7) is 0. The lowest BCUT2D eigenvalue weighted by molar-refractivity contribution is 0.0692. The van der Waals surface area contributed by atoms with Crippen molar-refractivity contribution in [3.8, 4) is 0 Å². The molecule has 16 heavy (non-hydrogen) atoms. The molecule has 1 aromatic heterocycles. The van der Waals surface area contributed by atoms with Crippen LogP contribution in [0.2, 0.25) is 0 Å². The van der Waals surface area contributed by atoms with E-state index in [1.807, 2.05) is 0 Å². The summed E-state index contributed by atoms with van der Waals surface area (Å²) in [4.78, 5) is 22.6. The number of carbonyl (C=O) groups is 1. The second kappa shape index (κ2) is 4.09. The number of carboxylic acids is 1. The monoisotopic (exact) mass is 223 g/mol. The van der Waals surface area contributed by atoms with Gasteiger partial charge in [0.2, 0.25) is 0 Å². The molecule has 1 saturated carbocycles. The van der Waals surface area contributed by atoms with E-state index in [0.717, 1.165) is 6.42 Å². The molecule has 5 heteroatoms. The van der Waals surface area contributed by atoms with Crippen molar-refractivity contribution in [1.29, 1.82) is 0 Å². The Hall–Kier alpha value is -1.62. The maximum atomic E-state index is 11.8. The molecular formula is C11H13NO4. The molecule has 86 valence electrons. The molecule has 0 saturated heterocycles. The largest absolute Gasteiger partial charge is 0.477 e. The minimum atomic E-state index is -1.23. The molecule has 0 amide bonds. The summed E-state index contributed by atoms with van der Waals surface area (Å²) >= 11 is 0. The van der Waals surface area contributed by atoms with E-state index in [-0.39, 0.29) is 11.6 Å². The number of nitrogens with zero attached hydrogens (tertiary/aromatic N) is 1. The Labute approximate surface area is 92.0 Å². The number of hydrogen-bond donors (Lipinski definition) is 2. The van der Waals surface area contributed by atoms with Crippen LogP contribution in [0.4, 0.5) is 0 Å². The van der Waals surface area contributed by atoms with Crippen LogP contribution in [0.1, 0.15) is 35.7 Å². The Kier molecular flexibility index (Phi) is 2.78. The number of aromatic nitrogens is 1. The summed E-state index contributed by atoms with van der Waals surface area (Å²) in [5.41, 5.74) is -0.789. The molecule has 0 spiro atoms. The predicted molar refractivity (Wildman–Crippen MR) is 56.6 cm³/mol. The summed E-state index contributed by atoms with van der Waals surface area (Å²) in [5.74, 6) is -1.23. The van der Waals surface area contributed by atoms with Crippen molar-refractivity contribution >= 4 is 5.97 Å². The molecule has 0 radical (unpaired) electrons. The zero-order valence-electron chi connectivity index (χ0n) is 8.67. The molecule has 1 aliphatic carbocycles. The van der Waals surface area contributed by atoms with Gasteiger partial charge in [0.15, 0.2) is 0 Å². The summed E-state index contributed by atoms with van der Waals surface area (Å²) in [7, 11) is 0. The fourth-order valence-electron chi connectivity index (χ4n) is 2.18. The quantitative estimate of drug-likeness (QED) is 0.770. The average molecular weight is 223 g/mol. The summed E-state index contributed by atoms with van der Waals surface area (Å²) in [6.07, 6.45) is 3.21. The summed E-state index contributed by atoms with van der Waals surface area (Å²) in [5, 5.41) is 18.5. The minimum Gasteiger partial charge on any atom is -0.477 e. The molecule has 1 aliphatic rings. The van der Waals surface area contributed by atoms with Gasteiger partial charge in [0, 0.05) is 6.20 Å². The molecule has 0 aromatic carbocycles. The van der Waals surface area contributed by atoms with Crippen molar-refractivity contribution in [2.75, 3.05) is 0 Å². The first-order valence-corrected chi connectivity index (χ1v) is 5.24. The smallest absolute Gasteiger partial charge is 0.341 e. The van der Waals surface area contributed by atoms with Crippen LogP contribution < -0.4 is 5.56 Å². The number of aliphatic hydroxyl groups is 1. The zero-order valence-corrected chi connectivity index (χ0v) is 8.67. The van der Waals surface area contributed by atoms with Crippen LogP contribution in [-0.4, -0.2) is 26.9 Å². The highest BCUT2D eigenvalue weighted by Gasteiger charge is 2.28. The predicted octanol–water partition coefficient (Wildman–Crippen LogP) is 0.632. The first-order valence-electron chi connectivity index (χ1n) is 5.24. The third-order valence-corrected chi connectivity index (χ3v) is 3.01. The molecule has 1 heterocycles. The van der Waals surface area contributed by atoms with Crippen molar-refractivity contribution in [1.82, 2.24) is 4.57 Å². The van der Waals surface area contributed by atoms with E-state index in [1.54, 1.807) is 0 Å². The SMILES string of the molecule is O=C(O)c1cccn([C@@H]2CCC[C@@H]2O)c1=O. The molecule has 2 rings (SSSR count). The number of aliphatic hydroxyl groups excluding tert-OH is 1. The maximum Gasteiger partial charge on any atom is 0.341 e. The van der Waals surface area contributed by atoms with Crippen LogP contribution in [0.25, 0.3) is 0 Å². The number of pyridine rings is 1. The number of aromatic carboxylic acids is 1. The molecule has 0 bridgehead atoms. The van der Waals surface area contributed by atoms with Gasteiger partial charge < -0.3 is 14.8 Å². The van der Waals surface area contributed by atoms with Crippen LogP contribution in [0.3, 0.4) is 0 Å². The lowest BCUT2D eigenvalue weighted by atomic mass is 10.2. The van der Waals surface area contributed by atoms with E-state index in [9.17, 15) is 14.7 Å². The fraction of sp³-hybridized carbons (Fsp3) is 0.455. The first kappa shape index (κ1) is 10.9. The van der Waals surface area contributed by atoms with E-state index < -0.39 is 17.6 Å². The molecule has 1 fully saturated rings. The lowest BCUT2D eigenvalue weighted by Gasteiger charge is -2.17. The van der Waals surface area contributed by atoms with Gasteiger partial charge in [0.05, 0.1) is 12.1 Å². The normalized spacial score (nSPS) is 24.6. The third kappa shape index (κ3) is 1.74. The Morgan fingerprint density at radius 3 is 2.75 bits per heavy atom. The van der Waals surface area contributed by atoms with Crippen molar-refractivity contribution in [2.45, 2.75) is 31.4 Å². The van der Waals surface area contributed by atoms with Gasteiger partial charge in [-0.25, -0.2) is 4.79 Å². The molecule has 0 unspecified atom stereocenters. The van der Waals surface area contributed by atoms with Gasteiger partial charge in [-0.15, -0.1) is 0 Å². The second-order valence-electron chi connectivity index (χ2n) is 4.01. The number of hydrogen-bond acceptors (Lipinski definition) is 3. The number of rotatable bonds is 2. The van der Waals surface area contributed by atoms with E-state index in [0.29, 0.717) is 12.8 Å². The molecule has 2 atom stereocenters. The van der Waals surface area contributed by atoms with Crippen LogP contribution in [0, 0.1) is 0 Å². The highest BCUT2D eigenvalue weighted by Crippen LogP contribution is 2.28. The first-order chi connectivity index (χ1) is 7.61. The Bertz CT molecular complexity index is 465. The minimum absolute atomic E-state index is 0.249. The molecule has 0 aliphatic heterocycles. The average Bonchev–Trinajstić information content (AvgIpc) is 2.64. The van der Waals surface area contributed by atoms with Crippen molar-refractivity contribution in [3.05, 3.63) is 34.2 Å². The fourth-order valence-corrected chi connectivity index (χ4v) is 2.18. The summed E-state index contributed by atoms with van der Waals surface area (Å²) in [6, 6.07) is 2.52. The van der Waals surface area contributed by atoms with E-state index >= 15 is 0 Å². The van der Waals surface area contributed by atoms with Crippen LogP contribution >= 0.6 is 0 Å². The Morgan fingerprint density at radius 2 is 2.19 bits per heavy atom. The number of carboxylic acid groups (broad SMARTS) is 1. The van der Waals surface area contributed by atoms with Crippen molar-refractivity contribution < 1.29 is 15.0 Å². The Morgan fingerprint density at radius 1 is 1.44 bits per heavy atom. The van der Waals surface area contributed by atoms with E-state index in [4.69, 9.17) is 5.11 Å². The van der Waals surface area contributed by atoms with Gasteiger partial charge in [-0.05, 0) is 31.4 Å².